The van der Waals surface area contributed by atoms with Gasteiger partial charge in [-0.1, -0.05) is 6.07 Å². The molecule has 2 aromatic carbocycles. The van der Waals surface area contributed by atoms with Gasteiger partial charge in [-0.2, -0.15) is 0 Å². The molecular formula is C29H39N3O9. The summed E-state index contributed by atoms with van der Waals surface area (Å²) in [7, 11) is 8.47. The molecule has 1 fully saturated rings. The molecular weight excluding hydrogens is 534 g/mol. The molecule has 2 amide bonds. The van der Waals surface area contributed by atoms with Crippen molar-refractivity contribution in [3.8, 4) is 28.7 Å². The number of carboxylic acids is 1. The fourth-order valence-electron chi connectivity index (χ4n) is 4.49. The van der Waals surface area contributed by atoms with Crippen molar-refractivity contribution in [3.63, 3.8) is 0 Å². The van der Waals surface area contributed by atoms with Crippen molar-refractivity contribution >= 4 is 17.8 Å². The van der Waals surface area contributed by atoms with Crippen LogP contribution in [-0.2, 0) is 16.0 Å². The molecule has 0 unspecified atom stereocenters. The molecule has 2 aromatic rings. The monoisotopic (exact) mass is 573 g/mol. The van der Waals surface area contributed by atoms with Gasteiger partial charge in [0.05, 0.1) is 34.0 Å². The van der Waals surface area contributed by atoms with Gasteiger partial charge in [-0.25, -0.2) is 4.79 Å². The zero-order chi connectivity index (χ0) is 29.9. The number of hydrogen-bond acceptors (Lipinski definition) is 9. The number of nitrogens with one attached hydrogen (secondary N) is 1. The Bertz CT molecular complexity index is 1220. The summed E-state index contributed by atoms with van der Waals surface area (Å²) in [4.78, 5) is 37.4. The number of amides is 2. The first-order chi connectivity index (χ1) is 19.7. The lowest BCUT2D eigenvalue weighted by molar-refractivity contribution is -0.140. The molecule has 2 N–H and O–H groups in total. The van der Waals surface area contributed by atoms with Crippen LogP contribution in [0.2, 0.25) is 0 Å². The first-order valence-corrected chi connectivity index (χ1v) is 13.3. The lowest BCUT2D eigenvalue weighted by Gasteiger charge is -2.30. The molecule has 0 aliphatic carbocycles. The summed E-state index contributed by atoms with van der Waals surface area (Å²) in [5, 5.41) is 10.6. The summed E-state index contributed by atoms with van der Waals surface area (Å²) < 4.78 is 27.1. The van der Waals surface area contributed by atoms with Crippen molar-refractivity contribution in [2.45, 2.75) is 31.7 Å². The van der Waals surface area contributed by atoms with Crippen LogP contribution in [0.4, 0.5) is 0 Å². The molecule has 2 heterocycles. The van der Waals surface area contributed by atoms with E-state index in [0.717, 1.165) is 37.4 Å². The molecule has 12 nitrogen and oxygen atoms in total. The second-order valence-corrected chi connectivity index (χ2v) is 9.64. The van der Waals surface area contributed by atoms with E-state index >= 15 is 0 Å². The second-order valence-electron chi connectivity index (χ2n) is 9.64. The third-order valence-electron chi connectivity index (χ3n) is 6.87. The predicted molar refractivity (Wildman–Crippen MR) is 150 cm³/mol. The molecule has 2 aliphatic rings. The van der Waals surface area contributed by atoms with E-state index in [1.165, 1.54) is 5.56 Å². The van der Waals surface area contributed by atoms with E-state index in [2.05, 4.69) is 23.3 Å². The zero-order valence-corrected chi connectivity index (χ0v) is 24.2. The third kappa shape index (κ3) is 8.40. The number of aliphatic carboxylic acids is 1. The third-order valence-corrected chi connectivity index (χ3v) is 6.87. The molecule has 0 spiro atoms. The average molecular weight is 574 g/mol. The minimum Gasteiger partial charge on any atom is -0.493 e. The van der Waals surface area contributed by atoms with Crippen LogP contribution < -0.4 is 29.0 Å². The number of nitrogens with zero attached hydrogens (tertiary/aromatic N) is 2. The maximum atomic E-state index is 12.9. The Morgan fingerprint density at radius 3 is 2.24 bits per heavy atom. The Balaban J connectivity index is 0.000000436. The van der Waals surface area contributed by atoms with Crippen LogP contribution in [0.1, 0.15) is 35.2 Å². The van der Waals surface area contributed by atoms with Crippen LogP contribution in [0, 0.1) is 0 Å². The highest BCUT2D eigenvalue weighted by Gasteiger charge is 2.28. The summed E-state index contributed by atoms with van der Waals surface area (Å²) in [6.45, 7) is 2.62. The highest BCUT2D eigenvalue weighted by molar-refractivity contribution is 5.98. The van der Waals surface area contributed by atoms with Gasteiger partial charge in [0.1, 0.15) is 11.8 Å². The van der Waals surface area contributed by atoms with Gasteiger partial charge in [0, 0.05) is 31.6 Å². The fourth-order valence-corrected chi connectivity index (χ4v) is 4.49. The number of hydrogen-bond donors (Lipinski definition) is 2. The molecule has 0 saturated carbocycles. The maximum absolute atomic E-state index is 12.9. The van der Waals surface area contributed by atoms with E-state index in [9.17, 15) is 14.4 Å². The minimum atomic E-state index is -0.944. The number of carbonyl (C=O) groups excluding carboxylic acids is 2. The van der Waals surface area contributed by atoms with E-state index in [-0.39, 0.29) is 18.5 Å². The second kappa shape index (κ2) is 15.0. The van der Waals surface area contributed by atoms with E-state index < -0.39 is 12.0 Å². The SMILES string of the molecule is COc1ccc(CCN(C)CCCN2COc3cc(OC)c(OC)cc3C2=O)cc1OC.O=C1CC[C@@H](C(=O)O)N1. The molecule has 0 radical (unpaired) electrons. The van der Waals surface area contributed by atoms with E-state index in [0.29, 0.717) is 42.2 Å². The minimum absolute atomic E-state index is 0.0554. The molecule has 224 valence electrons. The van der Waals surface area contributed by atoms with Gasteiger partial charge in [0.2, 0.25) is 5.91 Å². The van der Waals surface area contributed by atoms with Crippen LogP contribution in [0.3, 0.4) is 0 Å². The van der Waals surface area contributed by atoms with Crippen LogP contribution in [0.5, 0.6) is 28.7 Å². The van der Waals surface area contributed by atoms with Crippen molar-refractivity contribution in [2.24, 2.45) is 0 Å². The summed E-state index contributed by atoms with van der Waals surface area (Å²) in [5.41, 5.74) is 1.69. The summed E-state index contributed by atoms with van der Waals surface area (Å²) in [6.07, 6.45) is 2.52. The zero-order valence-electron chi connectivity index (χ0n) is 24.2. The quantitative estimate of drug-likeness (QED) is 0.390. The van der Waals surface area contributed by atoms with Crippen LogP contribution in [-0.4, -0.2) is 101 Å². The Morgan fingerprint density at radius 2 is 1.66 bits per heavy atom. The van der Waals surface area contributed by atoms with Gasteiger partial charge in [-0.05, 0) is 50.6 Å². The summed E-state index contributed by atoms with van der Waals surface area (Å²) in [5.74, 6) is 1.89. The van der Waals surface area contributed by atoms with Gasteiger partial charge in [0.15, 0.2) is 29.7 Å². The molecule has 2 aliphatic heterocycles. The Labute approximate surface area is 240 Å². The molecule has 0 aromatic heterocycles. The summed E-state index contributed by atoms with van der Waals surface area (Å²) >= 11 is 0. The number of carboxylic acid groups (broad SMARTS) is 1. The van der Waals surface area contributed by atoms with Gasteiger partial charge >= 0.3 is 5.97 Å². The van der Waals surface area contributed by atoms with Crippen molar-refractivity contribution in [3.05, 3.63) is 41.5 Å². The molecule has 12 heteroatoms. The highest BCUT2D eigenvalue weighted by atomic mass is 16.5. The van der Waals surface area contributed by atoms with Crippen LogP contribution in [0.15, 0.2) is 30.3 Å². The van der Waals surface area contributed by atoms with Gasteiger partial charge in [-0.15, -0.1) is 0 Å². The normalized spacial score (nSPS) is 15.8. The van der Waals surface area contributed by atoms with E-state index in [1.54, 1.807) is 45.5 Å². The topological polar surface area (TPSA) is 136 Å². The molecule has 1 atom stereocenters. The Hall–Kier alpha value is -4.19. The smallest absolute Gasteiger partial charge is 0.326 e. The number of rotatable bonds is 12. The number of fused-ring (bicyclic) bond motifs is 1. The Kier molecular flexibility index (Phi) is 11.5. The average Bonchev–Trinajstić information content (AvgIpc) is 3.43. The molecule has 41 heavy (non-hydrogen) atoms. The van der Waals surface area contributed by atoms with Gasteiger partial charge in [-0.3, -0.25) is 9.59 Å². The van der Waals surface area contributed by atoms with E-state index in [4.69, 9.17) is 28.8 Å². The van der Waals surface area contributed by atoms with Crippen LogP contribution >= 0.6 is 0 Å². The maximum Gasteiger partial charge on any atom is 0.326 e. The van der Waals surface area contributed by atoms with Crippen molar-refractivity contribution < 1.29 is 43.2 Å². The van der Waals surface area contributed by atoms with Crippen molar-refractivity contribution in [2.75, 3.05) is 61.9 Å². The largest absolute Gasteiger partial charge is 0.493 e. The molecule has 0 bridgehead atoms. The number of carbonyl (C=O) groups is 3. The first kappa shape index (κ1) is 31.3. The molecule has 1 saturated heterocycles. The lowest BCUT2D eigenvalue weighted by Crippen LogP contribution is -2.40. The van der Waals surface area contributed by atoms with Gasteiger partial charge in [0.25, 0.3) is 5.91 Å². The summed E-state index contributed by atoms with van der Waals surface area (Å²) in [6, 6.07) is 8.73. The van der Waals surface area contributed by atoms with Gasteiger partial charge < -0.3 is 43.9 Å². The standard InChI is InChI=1S/C24H32N2O6.C5H7NO3/c1-25(12-9-17-7-8-19(28-2)21(13-17)29-3)10-6-11-26-16-32-20-15-23(31-5)22(30-4)14-18(20)24(26)27;7-4-2-1-3(6-4)5(8)9/h7-8,13-15H,6,9-12,16H2,1-5H3;3H,1-2H2,(H,6,7)(H,8,9)/t;3-/m.0/s1. The predicted octanol–water partition coefficient (Wildman–Crippen LogP) is 2.43. The number of methoxy groups -OCH3 is 4. The van der Waals surface area contributed by atoms with Crippen molar-refractivity contribution in [1.82, 2.24) is 15.1 Å². The van der Waals surface area contributed by atoms with Crippen LogP contribution in [0.25, 0.3) is 0 Å². The number of benzene rings is 2. The van der Waals surface area contributed by atoms with Crippen molar-refractivity contribution in [1.29, 1.82) is 0 Å². The lowest BCUT2D eigenvalue weighted by atomic mass is 10.1. The number of ether oxygens (including phenoxy) is 5. The highest BCUT2D eigenvalue weighted by Crippen LogP contribution is 2.37. The first-order valence-electron chi connectivity index (χ1n) is 13.3. The van der Waals surface area contributed by atoms with E-state index in [1.807, 2.05) is 12.1 Å². The number of likely N-dealkylation sites (N-methyl/N-ethyl adjacent to an activating group) is 1. The Morgan fingerprint density at radius 1 is 1.00 bits per heavy atom. The fraction of sp³-hybridized carbons (Fsp3) is 0.483. The molecule has 4 rings (SSSR count).